The van der Waals surface area contributed by atoms with E-state index in [4.69, 9.17) is 0 Å². The van der Waals surface area contributed by atoms with Crippen LogP contribution >= 0.6 is 0 Å². The summed E-state index contributed by atoms with van der Waals surface area (Å²) in [5, 5.41) is 9.20. The molecule has 0 aliphatic carbocycles. The zero-order chi connectivity index (χ0) is 13.0. The highest BCUT2D eigenvalue weighted by atomic mass is 16.3. The molecule has 96 valence electrons. The molecular weight excluding hydrogens is 228 g/mol. The Morgan fingerprint density at radius 3 is 2.89 bits per heavy atom. The van der Waals surface area contributed by atoms with E-state index >= 15 is 0 Å². The highest BCUT2D eigenvalue weighted by Gasteiger charge is 2.03. The van der Waals surface area contributed by atoms with E-state index < -0.39 is 0 Å². The largest absolute Gasteiger partial charge is 0.393 e. The molecular formula is C14H18N2O2. The van der Waals surface area contributed by atoms with Crippen molar-refractivity contribution >= 4 is 11.0 Å². The van der Waals surface area contributed by atoms with Crippen molar-refractivity contribution in [3.05, 3.63) is 40.8 Å². The molecule has 2 aromatic rings. The maximum Gasteiger partial charge on any atom is 0.269 e. The van der Waals surface area contributed by atoms with E-state index in [1.165, 1.54) is 6.20 Å². The van der Waals surface area contributed by atoms with Gasteiger partial charge in [-0.05, 0) is 38.3 Å². The van der Waals surface area contributed by atoms with Gasteiger partial charge in [-0.1, -0.05) is 12.1 Å². The second-order valence-electron chi connectivity index (χ2n) is 4.58. The fourth-order valence-electron chi connectivity index (χ4n) is 2.06. The van der Waals surface area contributed by atoms with Gasteiger partial charge in [0, 0.05) is 6.54 Å². The molecule has 0 fully saturated rings. The predicted octanol–water partition coefficient (Wildman–Crippen LogP) is 1.95. The summed E-state index contributed by atoms with van der Waals surface area (Å²) in [4.78, 5) is 15.9. The van der Waals surface area contributed by atoms with Gasteiger partial charge in [-0.3, -0.25) is 4.79 Å². The molecule has 0 saturated heterocycles. The molecule has 1 aromatic heterocycles. The number of aliphatic hydroxyl groups is 1. The number of aryl methyl sites for hydroxylation is 1. The molecule has 1 aromatic carbocycles. The highest BCUT2D eigenvalue weighted by molar-refractivity contribution is 5.74. The average Bonchev–Trinajstić information content (AvgIpc) is 2.36. The standard InChI is InChI=1S/C14H18N2O2/c1-11(17)6-4-5-9-16-13-8-3-2-7-12(13)15-10-14(16)18/h2-3,7-8,10-11,17H,4-6,9H2,1H3. The first kappa shape index (κ1) is 12.8. The smallest absolute Gasteiger partial charge is 0.269 e. The lowest BCUT2D eigenvalue weighted by atomic mass is 10.2. The third-order valence-electron chi connectivity index (χ3n) is 3.01. The van der Waals surface area contributed by atoms with Gasteiger partial charge in [-0.2, -0.15) is 0 Å². The lowest BCUT2D eigenvalue weighted by Gasteiger charge is -2.09. The zero-order valence-corrected chi connectivity index (χ0v) is 10.5. The van der Waals surface area contributed by atoms with E-state index in [9.17, 15) is 9.90 Å². The minimum Gasteiger partial charge on any atom is -0.393 e. The molecule has 0 bridgehead atoms. The van der Waals surface area contributed by atoms with Gasteiger partial charge in [-0.25, -0.2) is 4.98 Å². The van der Waals surface area contributed by atoms with Crippen molar-refractivity contribution in [2.45, 2.75) is 38.8 Å². The summed E-state index contributed by atoms with van der Waals surface area (Å²) in [6.07, 6.45) is 3.69. The van der Waals surface area contributed by atoms with Crippen LogP contribution in [0.3, 0.4) is 0 Å². The van der Waals surface area contributed by atoms with E-state index in [0.29, 0.717) is 6.54 Å². The van der Waals surface area contributed by atoms with Crippen molar-refractivity contribution in [3.8, 4) is 0 Å². The van der Waals surface area contributed by atoms with Gasteiger partial charge >= 0.3 is 0 Å². The summed E-state index contributed by atoms with van der Waals surface area (Å²) in [5.74, 6) is 0. The van der Waals surface area contributed by atoms with Gasteiger partial charge in [0.05, 0.1) is 23.3 Å². The number of aromatic nitrogens is 2. The molecule has 0 amide bonds. The van der Waals surface area contributed by atoms with Crippen LogP contribution in [-0.2, 0) is 6.54 Å². The quantitative estimate of drug-likeness (QED) is 0.820. The van der Waals surface area contributed by atoms with E-state index in [1.54, 1.807) is 11.5 Å². The van der Waals surface area contributed by atoms with Crippen LogP contribution in [-0.4, -0.2) is 20.8 Å². The Hall–Kier alpha value is -1.68. The minimum atomic E-state index is -0.268. The maximum atomic E-state index is 11.8. The lowest BCUT2D eigenvalue weighted by Crippen LogP contribution is -2.20. The number of nitrogens with zero attached hydrogens (tertiary/aromatic N) is 2. The Kier molecular flexibility index (Phi) is 4.10. The molecule has 0 saturated carbocycles. The Bertz CT molecular complexity index is 575. The molecule has 0 spiro atoms. The fourth-order valence-corrected chi connectivity index (χ4v) is 2.06. The molecule has 0 aliphatic heterocycles. The van der Waals surface area contributed by atoms with Gasteiger partial charge in [0.25, 0.3) is 5.56 Å². The van der Waals surface area contributed by atoms with Crippen LogP contribution in [0.5, 0.6) is 0 Å². The van der Waals surface area contributed by atoms with Crippen LogP contribution in [0.2, 0.25) is 0 Å². The van der Waals surface area contributed by atoms with Crippen molar-refractivity contribution < 1.29 is 5.11 Å². The Balaban J connectivity index is 2.16. The van der Waals surface area contributed by atoms with E-state index in [-0.39, 0.29) is 11.7 Å². The number of para-hydroxylation sites is 2. The van der Waals surface area contributed by atoms with Crippen LogP contribution in [0.4, 0.5) is 0 Å². The summed E-state index contributed by atoms with van der Waals surface area (Å²) in [5.41, 5.74) is 1.65. The van der Waals surface area contributed by atoms with Gasteiger partial charge in [0.1, 0.15) is 0 Å². The fraction of sp³-hybridized carbons (Fsp3) is 0.429. The molecule has 1 N–H and O–H groups in total. The summed E-state index contributed by atoms with van der Waals surface area (Å²) in [7, 11) is 0. The molecule has 1 heterocycles. The van der Waals surface area contributed by atoms with E-state index in [2.05, 4.69) is 4.98 Å². The molecule has 1 unspecified atom stereocenters. The minimum absolute atomic E-state index is 0.0641. The Labute approximate surface area is 106 Å². The number of hydrogen-bond acceptors (Lipinski definition) is 3. The third-order valence-corrected chi connectivity index (χ3v) is 3.01. The SMILES string of the molecule is CC(O)CCCCn1c(=O)cnc2ccccc21. The topological polar surface area (TPSA) is 55.1 Å². The first-order valence-corrected chi connectivity index (χ1v) is 6.31. The van der Waals surface area contributed by atoms with Crippen LogP contribution < -0.4 is 5.56 Å². The van der Waals surface area contributed by atoms with E-state index in [1.807, 2.05) is 24.3 Å². The van der Waals surface area contributed by atoms with Crippen molar-refractivity contribution in [1.29, 1.82) is 0 Å². The van der Waals surface area contributed by atoms with Gasteiger partial charge in [-0.15, -0.1) is 0 Å². The Morgan fingerprint density at radius 1 is 1.33 bits per heavy atom. The number of benzene rings is 1. The van der Waals surface area contributed by atoms with Gasteiger partial charge in [0.15, 0.2) is 0 Å². The number of unbranched alkanes of at least 4 members (excludes halogenated alkanes) is 1. The molecule has 4 heteroatoms. The van der Waals surface area contributed by atoms with Crippen LogP contribution in [0.15, 0.2) is 35.3 Å². The maximum absolute atomic E-state index is 11.8. The van der Waals surface area contributed by atoms with Crippen molar-refractivity contribution in [3.63, 3.8) is 0 Å². The molecule has 2 rings (SSSR count). The molecule has 18 heavy (non-hydrogen) atoms. The normalized spacial score (nSPS) is 12.8. The molecule has 1 atom stereocenters. The number of rotatable bonds is 5. The highest BCUT2D eigenvalue weighted by Crippen LogP contribution is 2.10. The van der Waals surface area contributed by atoms with Crippen LogP contribution in [0.1, 0.15) is 26.2 Å². The van der Waals surface area contributed by atoms with Gasteiger partial charge < -0.3 is 9.67 Å². The zero-order valence-electron chi connectivity index (χ0n) is 10.5. The second-order valence-corrected chi connectivity index (χ2v) is 4.58. The van der Waals surface area contributed by atoms with Crippen LogP contribution in [0, 0.1) is 0 Å². The molecule has 0 aliphatic rings. The summed E-state index contributed by atoms with van der Waals surface area (Å²) in [6, 6.07) is 7.65. The molecule has 4 nitrogen and oxygen atoms in total. The van der Waals surface area contributed by atoms with E-state index in [0.717, 1.165) is 30.3 Å². The second kappa shape index (κ2) is 5.78. The van der Waals surface area contributed by atoms with Crippen LogP contribution in [0.25, 0.3) is 11.0 Å². The first-order valence-electron chi connectivity index (χ1n) is 6.31. The number of aliphatic hydroxyl groups excluding tert-OH is 1. The number of hydrogen-bond donors (Lipinski definition) is 1. The van der Waals surface area contributed by atoms with Crippen molar-refractivity contribution in [2.75, 3.05) is 0 Å². The summed E-state index contributed by atoms with van der Waals surface area (Å²) < 4.78 is 1.75. The summed E-state index contributed by atoms with van der Waals surface area (Å²) >= 11 is 0. The van der Waals surface area contributed by atoms with Gasteiger partial charge in [0.2, 0.25) is 0 Å². The third kappa shape index (κ3) is 2.96. The first-order chi connectivity index (χ1) is 8.68. The molecule has 0 radical (unpaired) electrons. The van der Waals surface area contributed by atoms with Crippen molar-refractivity contribution in [1.82, 2.24) is 9.55 Å². The van der Waals surface area contributed by atoms with Crippen molar-refractivity contribution in [2.24, 2.45) is 0 Å². The summed E-state index contributed by atoms with van der Waals surface area (Å²) in [6.45, 7) is 2.46. The Morgan fingerprint density at radius 2 is 2.11 bits per heavy atom. The average molecular weight is 246 g/mol. The lowest BCUT2D eigenvalue weighted by molar-refractivity contribution is 0.180. The predicted molar refractivity (Wildman–Crippen MR) is 71.5 cm³/mol. The number of fused-ring (bicyclic) bond motifs is 1. The monoisotopic (exact) mass is 246 g/mol.